The van der Waals surface area contributed by atoms with Gasteiger partial charge in [0.15, 0.2) is 0 Å². The number of fused-ring (bicyclic) bond motifs is 3. The molecule has 0 fully saturated rings. The fraction of sp³-hybridized carbons (Fsp3) is 0.478. The van der Waals surface area contributed by atoms with Crippen molar-refractivity contribution in [3.05, 3.63) is 59.2 Å². The minimum Gasteiger partial charge on any atom is -0.316 e. The summed E-state index contributed by atoms with van der Waals surface area (Å²) in [7, 11) is 0. The summed E-state index contributed by atoms with van der Waals surface area (Å²) < 4.78 is 0. The highest BCUT2D eigenvalue weighted by Crippen LogP contribution is 2.38. The second kappa shape index (κ2) is 9.17. The maximum Gasteiger partial charge on any atom is 0.0520 e. The first-order valence-corrected chi connectivity index (χ1v) is 9.96. The molecule has 0 atom stereocenters. The first kappa shape index (κ1) is 18.2. The van der Waals surface area contributed by atoms with Gasteiger partial charge in [-0.2, -0.15) is 0 Å². The fourth-order valence-electron chi connectivity index (χ4n) is 4.04. The minimum absolute atomic E-state index is 0.126. The Morgan fingerprint density at radius 1 is 0.720 bits per heavy atom. The molecule has 0 aliphatic heterocycles. The summed E-state index contributed by atoms with van der Waals surface area (Å²) in [6.07, 6.45) is 12.3. The normalized spacial score (nSPS) is 12.4. The molecule has 2 aromatic carbocycles. The first-order valence-electron chi connectivity index (χ1n) is 9.96. The van der Waals surface area contributed by atoms with Crippen LogP contribution >= 0.6 is 0 Å². The summed E-state index contributed by atoms with van der Waals surface area (Å²) in [5.41, 5.74) is 18.7. The van der Waals surface area contributed by atoms with Crippen molar-refractivity contribution in [3.63, 3.8) is 0 Å². The molecule has 2 aromatic rings. The Labute approximate surface area is 152 Å². The molecule has 4 N–H and O–H groups in total. The lowest BCUT2D eigenvalue weighted by molar-refractivity contribution is 0.535. The zero-order valence-electron chi connectivity index (χ0n) is 15.3. The topological polar surface area (TPSA) is 52.0 Å². The number of aryl methyl sites for hydroxylation is 1. The van der Waals surface area contributed by atoms with E-state index in [9.17, 15) is 0 Å². The van der Waals surface area contributed by atoms with Gasteiger partial charge in [-0.15, -0.1) is 0 Å². The van der Waals surface area contributed by atoms with E-state index < -0.39 is 0 Å². The van der Waals surface area contributed by atoms with Gasteiger partial charge in [-0.05, 0) is 53.5 Å². The van der Waals surface area contributed by atoms with Gasteiger partial charge in [-0.25, -0.2) is 0 Å². The highest BCUT2D eigenvalue weighted by Gasteiger charge is 2.19. The molecule has 0 saturated heterocycles. The van der Waals surface area contributed by atoms with Crippen LogP contribution < -0.4 is 11.5 Å². The molecule has 25 heavy (non-hydrogen) atoms. The van der Waals surface area contributed by atoms with Crippen LogP contribution in [0.1, 0.15) is 68.1 Å². The molecule has 1 aliphatic carbocycles. The predicted octanol–water partition coefficient (Wildman–Crippen LogP) is 5.16. The van der Waals surface area contributed by atoms with Gasteiger partial charge in [-0.3, -0.25) is 0 Å². The molecule has 0 bridgehead atoms. The van der Waals surface area contributed by atoms with Crippen molar-refractivity contribution in [1.29, 1.82) is 0 Å². The van der Waals surface area contributed by atoms with Crippen molar-refractivity contribution in [1.82, 2.24) is 0 Å². The van der Waals surface area contributed by atoms with E-state index in [1.54, 1.807) is 11.1 Å². The SMILES string of the molecule is NC(N)CCCCCCCCCc1cccc2c1Cc1ccccc1-2. The van der Waals surface area contributed by atoms with Gasteiger partial charge in [0, 0.05) is 0 Å². The smallest absolute Gasteiger partial charge is 0.0520 e. The molecule has 0 heterocycles. The van der Waals surface area contributed by atoms with Crippen LogP contribution in [-0.2, 0) is 12.8 Å². The van der Waals surface area contributed by atoms with Crippen LogP contribution in [0, 0.1) is 0 Å². The van der Waals surface area contributed by atoms with E-state index in [2.05, 4.69) is 42.5 Å². The Morgan fingerprint density at radius 3 is 2.20 bits per heavy atom. The summed E-state index contributed by atoms with van der Waals surface area (Å²) in [5, 5.41) is 0. The van der Waals surface area contributed by atoms with Gasteiger partial charge >= 0.3 is 0 Å². The van der Waals surface area contributed by atoms with E-state index in [4.69, 9.17) is 11.5 Å². The monoisotopic (exact) mass is 336 g/mol. The minimum atomic E-state index is -0.126. The van der Waals surface area contributed by atoms with E-state index in [1.807, 2.05) is 0 Å². The van der Waals surface area contributed by atoms with Gasteiger partial charge in [0.2, 0.25) is 0 Å². The van der Waals surface area contributed by atoms with Crippen LogP contribution in [0.15, 0.2) is 42.5 Å². The number of benzene rings is 2. The average molecular weight is 337 g/mol. The maximum absolute atomic E-state index is 5.57. The van der Waals surface area contributed by atoms with Crippen molar-refractivity contribution in [2.45, 2.75) is 70.4 Å². The summed E-state index contributed by atoms with van der Waals surface area (Å²) in [6, 6.07) is 15.7. The highest BCUT2D eigenvalue weighted by molar-refractivity contribution is 5.77. The van der Waals surface area contributed by atoms with Crippen molar-refractivity contribution >= 4 is 0 Å². The van der Waals surface area contributed by atoms with Crippen molar-refractivity contribution in [3.8, 4) is 11.1 Å². The molecule has 1 aliphatic rings. The van der Waals surface area contributed by atoms with Crippen LogP contribution in [0.5, 0.6) is 0 Å². The first-order chi connectivity index (χ1) is 12.3. The van der Waals surface area contributed by atoms with Crippen molar-refractivity contribution in [2.75, 3.05) is 0 Å². The van der Waals surface area contributed by atoms with Crippen LogP contribution in [0.4, 0.5) is 0 Å². The number of hydrogen-bond donors (Lipinski definition) is 2. The van der Waals surface area contributed by atoms with E-state index in [0.29, 0.717) is 0 Å². The van der Waals surface area contributed by atoms with Crippen LogP contribution in [0.3, 0.4) is 0 Å². The third kappa shape index (κ3) is 4.93. The van der Waals surface area contributed by atoms with Crippen LogP contribution in [0.25, 0.3) is 11.1 Å². The molecule has 0 unspecified atom stereocenters. The Morgan fingerprint density at radius 2 is 1.40 bits per heavy atom. The Bertz CT molecular complexity index is 676. The molecule has 134 valence electrons. The Kier molecular flexibility index (Phi) is 6.66. The lowest BCUT2D eigenvalue weighted by Gasteiger charge is -2.09. The fourth-order valence-corrected chi connectivity index (χ4v) is 4.04. The van der Waals surface area contributed by atoms with Crippen molar-refractivity contribution in [2.24, 2.45) is 11.5 Å². The zero-order chi connectivity index (χ0) is 17.5. The Hall–Kier alpha value is -1.64. The summed E-state index contributed by atoms with van der Waals surface area (Å²) in [5.74, 6) is 0. The molecule has 3 rings (SSSR count). The maximum atomic E-state index is 5.57. The third-order valence-electron chi connectivity index (χ3n) is 5.43. The summed E-state index contributed by atoms with van der Waals surface area (Å²) >= 11 is 0. The van der Waals surface area contributed by atoms with Gasteiger partial charge < -0.3 is 11.5 Å². The van der Waals surface area contributed by atoms with Gasteiger partial charge in [0.25, 0.3) is 0 Å². The second-order valence-corrected chi connectivity index (χ2v) is 7.45. The second-order valence-electron chi connectivity index (χ2n) is 7.45. The predicted molar refractivity (Wildman–Crippen MR) is 107 cm³/mol. The third-order valence-corrected chi connectivity index (χ3v) is 5.43. The van der Waals surface area contributed by atoms with E-state index in [-0.39, 0.29) is 6.17 Å². The van der Waals surface area contributed by atoms with Gasteiger partial charge in [0.05, 0.1) is 6.17 Å². The van der Waals surface area contributed by atoms with E-state index in [0.717, 1.165) is 12.8 Å². The number of nitrogens with two attached hydrogens (primary N) is 2. The molecule has 0 amide bonds. The molecule has 0 radical (unpaired) electrons. The van der Waals surface area contributed by atoms with Gasteiger partial charge in [0.1, 0.15) is 0 Å². The average Bonchev–Trinajstić information content (AvgIpc) is 2.99. The number of hydrogen-bond acceptors (Lipinski definition) is 2. The quantitative estimate of drug-likeness (QED) is 0.396. The zero-order valence-corrected chi connectivity index (χ0v) is 15.3. The summed E-state index contributed by atoms with van der Waals surface area (Å²) in [6.45, 7) is 0. The van der Waals surface area contributed by atoms with Crippen LogP contribution in [-0.4, -0.2) is 6.17 Å². The Balaban J connectivity index is 1.39. The van der Waals surface area contributed by atoms with Gasteiger partial charge in [-0.1, -0.05) is 81.0 Å². The molecule has 2 heteroatoms. The number of unbranched alkanes of at least 4 members (excludes halogenated alkanes) is 6. The largest absolute Gasteiger partial charge is 0.316 e. The lowest BCUT2D eigenvalue weighted by Crippen LogP contribution is -2.29. The molecular formula is C23H32N2. The van der Waals surface area contributed by atoms with Crippen molar-refractivity contribution < 1.29 is 0 Å². The van der Waals surface area contributed by atoms with E-state index >= 15 is 0 Å². The lowest BCUT2D eigenvalue weighted by atomic mass is 9.96. The molecule has 0 saturated carbocycles. The molecule has 0 spiro atoms. The van der Waals surface area contributed by atoms with Crippen LogP contribution in [0.2, 0.25) is 0 Å². The van der Waals surface area contributed by atoms with E-state index in [1.165, 1.54) is 68.1 Å². The standard InChI is InChI=1S/C23H32N2/c24-23(25)16-7-5-3-1-2-4-6-11-18-13-10-15-21-20-14-9-8-12-19(20)17-22(18)21/h8-10,12-15,23H,1-7,11,16-17,24-25H2. The highest BCUT2D eigenvalue weighted by atomic mass is 14.8. The molecule has 2 nitrogen and oxygen atoms in total. The number of rotatable bonds is 10. The molecule has 0 aromatic heterocycles. The molecular weight excluding hydrogens is 304 g/mol. The summed E-state index contributed by atoms with van der Waals surface area (Å²) in [4.78, 5) is 0.